The minimum atomic E-state index is -2.65. The number of benzene rings is 2. The van der Waals surface area contributed by atoms with E-state index in [1.807, 2.05) is 65.6 Å². The van der Waals surface area contributed by atoms with Gasteiger partial charge in [0.05, 0.1) is 18.1 Å². The van der Waals surface area contributed by atoms with Crippen LogP contribution in [0.2, 0.25) is 0 Å². The summed E-state index contributed by atoms with van der Waals surface area (Å²) < 4.78 is 27.4. The fraction of sp³-hybridized carbons (Fsp3) is 0.588. The Morgan fingerprint density at radius 2 is 1.51 bits per heavy atom. The number of carbonyl (C=O) groups excluding carboxylic acids is 2. The van der Waals surface area contributed by atoms with Crippen LogP contribution in [0, 0.1) is 5.92 Å². The molecule has 6 rings (SSSR count). The minimum absolute atomic E-state index is 0. The van der Waals surface area contributed by atoms with Gasteiger partial charge in [-0.25, -0.2) is 13.6 Å². The maximum absolute atomic E-state index is 13.7. The highest BCUT2D eigenvalue weighted by molar-refractivity contribution is 5.95. The largest absolute Gasteiger partial charge is 0.349 e. The predicted molar refractivity (Wildman–Crippen MR) is 168 cm³/mol. The second-order valence-electron chi connectivity index (χ2n) is 13.3. The number of rotatable bonds is 8. The van der Waals surface area contributed by atoms with Crippen LogP contribution < -0.4 is 10.2 Å². The van der Waals surface area contributed by atoms with Gasteiger partial charge >= 0.3 is 6.03 Å². The Morgan fingerprint density at radius 3 is 2.09 bits per heavy atom. The molecule has 3 saturated heterocycles. The average molecular weight is 615 g/mol. The van der Waals surface area contributed by atoms with Crippen molar-refractivity contribution in [2.24, 2.45) is 5.92 Å². The number of para-hydroxylation sites is 1. The summed E-state index contributed by atoms with van der Waals surface area (Å²) in [6.07, 6.45) is 4.97. The molecule has 1 spiro atoms. The van der Waals surface area contributed by atoms with Crippen LogP contribution in [0.15, 0.2) is 60.7 Å². The zero-order chi connectivity index (χ0) is 29.5. The summed E-state index contributed by atoms with van der Waals surface area (Å²) in [5, 5.41) is 3.25. The van der Waals surface area contributed by atoms with Crippen LogP contribution in [0.1, 0.15) is 83.2 Å². The average Bonchev–Trinajstić information content (AvgIpc) is 3.40. The maximum atomic E-state index is 13.7. The first-order chi connectivity index (χ1) is 20.2. The first kappa shape index (κ1) is 31.7. The number of hydrogen-bond donors (Lipinski definition) is 1. The molecular weight excluding hydrogens is 570 g/mol. The molecule has 3 heterocycles. The van der Waals surface area contributed by atoms with Gasteiger partial charge in [-0.2, -0.15) is 0 Å². The molecule has 4 aliphatic rings. The molecule has 4 fully saturated rings. The number of fused-ring (bicyclic) bond motifs is 2. The van der Waals surface area contributed by atoms with Crippen LogP contribution in [-0.4, -0.2) is 64.4 Å². The third-order valence-electron chi connectivity index (χ3n) is 10.3. The number of alkyl halides is 2. The monoisotopic (exact) mass is 614 g/mol. The fourth-order valence-corrected chi connectivity index (χ4v) is 8.33. The van der Waals surface area contributed by atoms with Crippen LogP contribution >= 0.6 is 12.4 Å². The van der Waals surface area contributed by atoms with Gasteiger partial charge in [0.1, 0.15) is 0 Å². The van der Waals surface area contributed by atoms with E-state index in [0.717, 1.165) is 56.4 Å². The molecule has 2 bridgehead atoms. The molecule has 1 N–H and O–H groups in total. The minimum Gasteiger partial charge on any atom is -0.349 e. The number of urea groups is 1. The lowest BCUT2D eigenvalue weighted by Gasteiger charge is -2.49. The highest BCUT2D eigenvalue weighted by Gasteiger charge is 2.58. The first-order valence-electron chi connectivity index (χ1n) is 15.8. The summed E-state index contributed by atoms with van der Waals surface area (Å²) >= 11 is 0. The molecule has 2 aromatic carbocycles. The molecule has 0 radical (unpaired) electrons. The van der Waals surface area contributed by atoms with Crippen molar-refractivity contribution in [3.8, 4) is 0 Å². The lowest BCUT2D eigenvalue weighted by Crippen LogP contribution is -2.60. The predicted octanol–water partition coefficient (Wildman–Crippen LogP) is 7.20. The van der Waals surface area contributed by atoms with Gasteiger partial charge in [-0.15, -0.1) is 12.4 Å². The summed E-state index contributed by atoms with van der Waals surface area (Å²) in [4.78, 5) is 33.7. The van der Waals surface area contributed by atoms with E-state index in [-0.39, 0.29) is 73.6 Å². The SMILES string of the molecule is CC(C)N1C(=O)N(c2ccccc2)CC12CC1CCC(C2)N1CC[C@H](NC(=O)C1CCC(F)(F)CC1)c1ccccc1.Cl. The first-order valence-corrected chi connectivity index (χ1v) is 15.8. The Morgan fingerprint density at radius 1 is 0.930 bits per heavy atom. The van der Waals surface area contributed by atoms with Gasteiger partial charge < -0.3 is 10.2 Å². The van der Waals surface area contributed by atoms with Gasteiger partial charge in [0.2, 0.25) is 11.8 Å². The molecule has 2 aromatic rings. The van der Waals surface area contributed by atoms with Crippen molar-refractivity contribution < 1.29 is 18.4 Å². The number of nitrogens with one attached hydrogen (secondary N) is 1. The Balaban J connectivity index is 0.00000368. The van der Waals surface area contributed by atoms with Crippen LogP contribution in [0.5, 0.6) is 0 Å². The summed E-state index contributed by atoms with van der Waals surface area (Å²) in [5.41, 5.74) is 1.83. The molecule has 3 amide bonds. The van der Waals surface area contributed by atoms with Gasteiger partial charge in [0, 0.05) is 49.1 Å². The normalized spacial score (nSPS) is 27.9. The molecule has 9 heteroatoms. The molecule has 1 saturated carbocycles. The highest BCUT2D eigenvalue weighted by atomic mass is 35.5. The third kappa shape index (κ3) is 6.41. The summed E-state index contributed by atoms with van der Waals surface area (Å²) in [7, 11) is 0. The number of amides is 3. The fourth-order valence-electron chi connectivity index (χ4n) is 8.33. The smallest absolute Gasteiger partial charge is 0.325 e. The lowest BCUT2D eigenvalue weighted by molar-refractivity contribution is -0.130. The van der Waals surface area contributed by atoms with Crippen LogP contribution in [0.4, 0.5) is 19.3 Å². The van der Waals surface area contributed by atoms with E-state index in [9.17, 15) is 18.4 Å². The van der Waals surface area contributed by atoms with Crippen LogP contribution in [0.25, 0.3) is 0 Å². The number of nitrogens with zero attached hydrogens (tertiary/aromatic N) is 3. The molecule has 234 valence electrons. The summed E-state index contributed by atoms with van der Waals surface area (Å²) in [5.74, 6) is -3.09. The topological polar surface area (TPSA) is 55.9 Å². The van der Waals surface area contributed by atoms with E-state index >= 15 is 0 Å². The lowest BCUT2D eigenvalue weighted by atomic mass is 9.81. The number of halogens is 3. The Hall–Kier alpha value is -2.71. The van der Waals surface area contributed by atoms with Crippen molar-refractivity contribution in [3.05, 3.63) is 66.2 Å². The van der Waals surface area contributed by atoms with E-state index in [4.69, 9.17) is 0 Å². The molecular formula is C34H45ClF2N4O2. The van der Waals surface area contributed by atoms with E-state index in [0.29, 0.717) is 12.1 Å². The van der Waals surface area contributed by atoms with Crippen molar-refractivity contribution in [2.45, 2.75) is 107 Å². The van der Waals surface area contributed by atoms with Gasteiger partial charge in [0.15, 0.2) is 0 Å². The van der Waals surface area contributed by atoms with E-state index in [1.165, 1.54) is 0 Å². The molecule has 2 unspecified atom stereocenters. The van der Waals surface area contributed by atoms with Gasteiger partial charge in [-0.05, 0) is 76.5 Å². The van der Waals surface area contributed by atoms with Crippen LogP contribution in [-0.2, 0) is 4.79 Å². The molecule has 6 nitrogen and oxygen atoms in total. The Labute approximate surface area is 260 Å². The molecule has 1 aliphatic carbocycles. The van der Waals surface area contributed by atoms with E-state index < -0.39 is 5.92 Å². The summed E-state index contributed by atoms with van der Waals surface area (Å²) in [6, 6.07) is 20.9. The van der Waals surface area contributed by atoms with Crippen molar-refractivity contribution >= 4 is 30.0 Å². The van der Waals surface area contributed by atoms with Crippen LogP contribution in [0.3, 0.4) is 0 Å². The van der Waals surface area contributed by atoms with Crippen molar-refractivity contribution in [1.29, 1.82) is 0 Å². The third-order valence-corrected chi connectivity index (χ3v) is 10.3. The van der Waals surface area contributed by atoms with Crippen molar-refractivity contribution in [1.82, 2.24) is 15.1 Å². The van der Waals surface area contributed by atoms with E-state index in [2.05, 4.69) is 29.0 Å². The standard InChI is InChI=1S/C34H44F2N4O2.ClH/c1-24(2)40-32(42)39(27-11-7-4-8-12-27)23-33(40)21-28-13-14-29(22-33)38(28)20-17-30(25-9-5-3-6-10-25)37-31(41)26-15-18-34(35,36)19-16-26;/h3-12,24,26,28-30H,13-23H2,1-2H3,(H,37,41);1H/t28?,29?,30-,33?;/m0./s1. The van der Waals surface area contributed by atoms with Gasteiger partial charge in [0.25, 0.3) is 0 Å². The second-order valence-corrected chi connectivity index (χ2v) is 13.3. The van der Waals surface area contributed by atoms with Crippen molar-refractivity contribution in [2.75, 3.05) is 18.0 Å². The number of hydrogen-bond acceptors (Lipinski definition) is 3. The van der Waals surface area contributed by atoms with Gasteiger partial charge in [-0.1, -0.05) is 48.5 Å². The quantitative estimate of drug-likeness (QED) is 0.342. The molecule has 3 atom stereocenters. The summed E-state index contributed by atoms with van der Waals surface area (Å²) in [6.45, 7) is 5.83. The maximum Gasteiger partial charge on any atom is 0.325 e. The zero-order valence-electron chi connectivity index (χ0n) is 25.3. The Kier molecular flexibility index (Phi) is 9.38. The van der Waals surface area contributed by atoms with E-state index in [1.54, 1.807) is 0 Å². The number of anilines is 1. The van der Waals surface area contributed by atoms with Crippen molar-refractivity contribution in [3.63, 3.8) is 0 Å². The highest BCUT2D eigenvalue weighted by Crippen LogP contribution is 2.48. The Bertz CT molecular complexity index is 1240. The zero-order valence-corrected chi connectivity index (χ0v) is 26.1. The second kappa shape index (κ2) is 12.7. The van der Waals surface area contributed by atoms with Gasteiger partial charge in [-0.3, -0.25) is 14.6 Å². The molecule has 3 aliphatic heterocycles. The molecule has 0 aromatic heterocycles. The number of piperidine rings is 1. The molecule has 43 heavy (non-hydrogen) atoms. The number of carbonyl (C=O) groups is 2.